The first-order valence-electron chi connectivity index (χ1n) is 5.78. The Bertz CT molecular complexity index is 427. The number of benzene rings is 1. The van der Waals surface area contributed by atoms with Crippen molar-refractivity contribution < 1.29 is 19.2 Å². The Balaban J connectivity index is 2.83. The van der Waals surface area contributed by atoms with Crippen LogP contribution in [0.2, 0.25) is 0 Å². The molecule has 1 rings (SSSR count). The number of carbonyl (C=O) groups excluding carboxylic acids is 2. The van der Waals surface area contributed by atoms with Crippen molar-refractivity contribution >= 4 is 11.9 Å². The van der Waals surface area contributed by atoms with Gasteiger partial charge in [-0.2, -0.15) is 0 Å². The summed E-state index contributed by atoms with van der Waals surface area (Å²) in [6, 6.07) is 6.25. The van der Waals surface area contributed by atoms with Gasteiger partial charge in [0.2, 0.25) is 0 Å². The summed E-state index contributed by atoms with van der Waals surface area (Å²) in [6.45, 7) is 5.00. The number of rotatable bonds is 5. The molecular weight excluding hydrogens is 234 g/mol. The minimum absolute atomic E-state index is 0.324. The molecule has 0 atom stereocenters. The van der Waals surface area contributed by atoms with Crippen LogP contribution in [0.3, 0.4) is 0 Å². The molecule has 0 amide bonds. The smallest absolute Gasteiger partial charge is 0.357 e. The van der Waals surface area contributed by atoms with E-state index in [1.54, 1.807) is 18.2 Å². The highest BCUT2D eigenvalue weighted by Gasteiger charge is 2.14. The third kappa shape index (κ3) is 3.56. The Morgan fingerprint density at radius 1 is 1.11 bits per heavy atom. The first-order chi connectivity index (χ1) is 8.62. The fourth-order valence-electron chi connectivity index (χ4n) is 1.41. The Labute approximate surface area is 106 Å². The molecule has 0 saturated heterocycles. The Hall–Kier alpha value is -1.88. The monoisotopic (exact) mass is 251 g/mol. The third-order valence-corrected chi connectivity index (χ3v) is 2.44. The van der Waals surface area contributed by atoms with Gasteiger partial charge in [-0.3, -0.25) is 0 Å². The number of nitrogens with zero attached hydrogens (tertiary/aromatic N) is 1. The van der Waals surface area contributed by atoms with Crippen LogP contribution >= 0.6 is 0 Å². The van der Waals surface area contributed by atoms with Gasteiger partial charge in [-0.25, -0.2) is 9.59 Å². The van der Waals surface area contributed by atoms with Gasteiger partial charge >= 0.3 is 11.9 Å². The number of hydrogen-bond acceptors (Lipinski definition) is 5. The van der Waals surface area contributed by atoms with Crippen LogP contribution in [0.25, 0.3) is 0 Å². The van der Waals surface area contributed by atoms with Gasteiger partial charge in [0, 0.05) is 13.1 Å². The zero-order valence-electron chi connectivity index (χ0n) is 10.8. The van der Waals surface area contributed by atoms with Gasteiger partial charge in [0.05, 0.1) is 18.2 Å². The summed E-state index contributed by atoms with van der Waals surface area (Å²) in [4.78, 5) is 28.3. The SMILES string of the molecule is CCN(CC)OC(=O)c1cccc(C(=O)OC)c1. The fraction of sp³-hybridized carbons (Fsp3) is 0.385. The van der Waals surface area contributed by atoms with E-state index in [1.807, 2.05) is 13.8 Å². The van der Waals surface area contributed by atoms with Crippen molar-refractivity contribution in [3.8, 4) is 0 Å². The molecule has 98 valence electrons. The highest BCUT2D eigenvalue weighted by molar-refractivity contribution is 5.95. The van der Waals surface area contributed by atoms with Gasteiger partial charge in [0.25, 0.3) is 0 Å². The van der Waals surface area contributed by atoms with Gasteiger partial charge in [0.1, 0.15) is 0 Å². The summed E-state index contributed by atoms with van der Waals surface area (Å²) in [7, 11) is 1.29. The number of esters is 1. The number of carbonyl (C=O) groups is 2. The van der Waals surface area contributed by atoms with Crippen LogP contribution in [0.4, 0.5) is 0 Å². The Morgan fingerprint density at radius 2 is 1.67 bits per heavy atom. The molecule has 1 aromatic rings. The lowest BCUT2D eigenvalue weighted by molar-refractivity contribution is -0.103. The van der Waals surface area contributed by atoms with Crippen molar-refractivity contribution in [2.24, 2.45) is 0 Å². The van der Waals surface area contributed by atoms with Crippen LogP contribution in [0.15, 0.2) is 24.3 Å². The summed E-state index contributed by atoms with van der Waals surface area (Å²) >= 11 is 0. The van der Waals surface area contributed by atoms with Gasteiger partial charge < -0.3 is 9.57 Å². The normalized spacial score (nSPS) is 10.2. The molecule has 0 aliphatic heterocycles. The Morgan fingerprint density at radius 3 is 2.17 bits per heavy atom. The topological polar surface area (TPSA) is 55.8 Å². The van der Waals surface area contributed by atoms with Gasteiger partial charge in [-0.15, -0.1) is 5.06 Å². The van der Waals surface area contributed by atoms with Crippen molar-refractivity contribution in [3.05, 3.63) is 35.4 Å². The average molecular weight is 251 g/mol. The molecule has 0 N–H and O–H groups in total. The maximum Gasteiger partial charge on any atom is 0.357 e. The molecule has 5 heteroatoms. The second-order valence-corrected chi connectivity index (χ2v) is 3.57. The first-order valence-corrected chi connectivity index (χ1v) is 5.78. The van der Waals surface area contributed by atoms with E-state index in [0.29, 0.717) is 24.2 Å². The quantitative estimate of drug-likeness (QED) is 0.591. The predicted molar refractivity (Wildman–Crippen MR) is 66.1 cm³/mol. The second kappa shape index (κ2) is 6.76. The molecule has 0 fully saturated rings. The molecule has 0 heterocycles. The van der Waals surface area contributed by atoms with Gasteiger partial charge in [-0.05, 0) is 32.0 Å². The number of methoxy groups -OCH3 is 1. The minimum atomic E-state index is -0.482. The van der Waals surface area contributed by atoms with Crippen molar-refractivity contribution in [2.45, 2.75) is 13.8 Å². The average Bonchev–Trinajstić information content (AvgIpc) is 2.43. The molecule has 0 saturated carbocycles. The van der Waals surface area contributed by atoms with Crippen LogP contribution < -0.4 is 0 Å². The van der Waals surface area contributed by atoms with Gasteiger partial charge in [-0.1, -0.05) is 6.07 Å². The van der Waals surface area contributed by atoms with Crippen molar-refractivity contribution in [3.63, 3.8) is 0 Å². The van der Waals surface area contributed by atoms with Crippen LogP contribution in [-0.2, 0) is 9.57 Å². The number of ether oxygens (including phenoxy) is 1. The van der Waals surface area contributed by atoms with E-state index in [-0.39, 0.29) is 0 Å². The minimum Gasteiger partial charge on any atom is -0.465 e. The zero-order chi connectivity index (χ0) is 13.5. The fourth-order valence-corrected chi connectivity index (χ4v) is 1.41. The summed E-state index contributed by atoms with van der Waals surface area (Å²) in [5.74, 6) is -0.961. The molecule has 1 aromatic carbocycles. The maximum atomic E-state index is 11.8. The van der Waals surface area contributed by atoms with E-state index in [0.717, 1.165) is 0 Å². The summed E-state index contributed by atoms with van der Waals surface area (Å²) in [5.41, 5.74) is 0.649. The van der Waals surface area contributed by atoms with Crippen LogP contribution in [0.5, 0.6) is 0 Å². The number of hydroxylamine groups is 2. The van der Waals surface area contributed by atoms with Crippen LogP contribution in [-0.4, -0.2) is 37.2 Å². The molecule has 5 nitrogen and oxygen atoms in total. The molecule has 0 aliphatic carbocycles. The summed E-state index contributed by atoms with van der Waals surface area (Å²) in [6.07, 6.45) is 0. The Kier molecular flexibility index (Phi) is 5.32. The molecule has 18 heavy (non-hydrogen) atoms. The summed E-state index contributed by atoms with van der Waals surface area (Å²) < 4.78 is 4.59. The standard InChI is InChI=1S/C13H17NO4/c1-4-14(5-2)18-13(16)11-8-6-7-10(9-11)12(15)17-3/h6-9H,4-5H2,1-3H3. The van der Waals surface area contributed by atoms with Crippen molar-refractivity contribution in [1.29, 1.82) is 0 Å². The van der Waals surface area contributed by atoms with E-state index in [9.17, 15) is 9.59 Å². The zero-order valence-corrected chi connectivity index (χ0v) is 10.8. The maximum absolute atomic E-state index is 11.8. The predicted octanol–water partition coefficient (Wildman–Crippen LogP) is 1.89. The first kappa shape index (κ1) is 14.2. The molecule has 0 unspecified atom stereocenters. The van der Waals surface area contributed by atoms with E-state index in [1.165, 1.54) is 18.2 Å². The van der Waals surface area contributed by atoms with E-state index in [4.69, 9.17) is 4.84 Å². The summed E-state index contributed by atoms with van der Waals surface area (Å²) in [5, 5.41) is 1.53. The van der Waals surface area contributed by atoms with E-state index in [2.05, 4.69) is 4.74 Å². The van der Waals surface area contributed by atoms with Crippen LogP contribution in [0.1, 0.15) is 34.6 Å². The van der Waals surface area contributed by atoms with Crippen LogP contribution in [0, 0.1) is 0 Å². The van der Waals surface area contributed by atoms with E-state index >= 15 is 0 Å². The number of hydrogen-bond donors (Lipinski definition) is 0. The molecule has 0 bridgehead atoms. The largest absolute Gasteiger partial charge is 0.465 e. The molecular formula is C13H17NO4. The highest BCUT2D eigenvalue weighted by Crippen LogP contribution is 2.09. The van der Waals surface area contributed by atoms with Crippen molar-refractivity contribution in [2.75, 3.05) is 20.2 Å². The molecule has 0 radical (unpaired) electrons. The van der Waals surface area contributed by atoms with Gasteiger partial charge in [0.15, 0.2) is 0 Å². The lowest BCUT2D eigenvalue weighted by Crippen LogP contribution is -2.27. The van der Waals surface area contributed by atoms with Crippen molar-refractivity contribution in [1.82, 2.24) is 5.06 Å². The van der Waals surface area contributed by atoms with E-state index < -0.39 is 11.9 Å². The molecule has 0 aliphatic rings. The lowest BCUT2D eigenvalue weighted by Gasteiger charge is -2.17. The highest BCUT2D eigenvalue weighted by atomic mass is 16.7. The second-order valence-electron chi connectivity index (χ2n) is 3.57. The third-order valence-electron chi connectivity index (χ3n) is 2.44. The molecule has 0 aromatic heterocycles. The molecule has 0 spiro atoms. The lowest BCUT2D eigenvalue weighted by atomic mass is 10.1.